The Morgan fingerprint density at radius 1 is 1.70 bits per heavy atom. The molecule has 0 bridgehead atoms. The second-order valence-electron chi connectivity index (χ2n) is 2.57. The second-order valence-corrected chi connectivity index (χ2v) is 5.11. The number of rotatable bonds is 1. The van der Waals surface area contributed by atoms with E-state index in [0.717, 1.165) is 5.32 Å². The van der Waals surface area contributed by atoms with Gasteiger partial charge in [0.05, 0.1) is 0 Å². The zero-order chi connectivity index (χ0) is 7.14. The molecular weight excluding hydrogens is 199 g/mol. The molecule has 0 unspecified atom stereocenters. The normalized spacial score (nSPS) is 52.2. The van der Waals surface area contributed by atoms with E-state index < -0.39 is 0 Å². The minimum atomic E-state index is -0.358. The van der Waals surface area contributed by atoms with E-state index in [0.29, 0.717) is 25.9 Å². The molecule has 10 heavy (non-hydrogen) atoms. The monoisotopic (exact) mass is 210 g/mol. The van der Waals surface area contributed by atoms with Crippen LogP contribution in [-0.2, 0) is 9.47 Å². The molecule has 0 spiro atoms. The molecule has 3 nitrogen and oxygen atoms in total. The molecule has 2 rings (SSSR count). The number of fused-ring (bicyclic) bond motifs is 1. The van der Waals surface area contributed by atoms with Gasteiger partial charge in [-0.2, -0.15) is 0 Å². The molecular formula is C6H10O3Se. The molecule has 0 aromatic rings. The summed E-state index contributed by atoms with van der Waals surface area (Å²) >= 11 is 0.595. The number of methoxy groups -OCH3 is 1. The molecule has 0 saturated carbocycles. The number of aliphatic hydroxyl groups excluding tert-OH is 1. The van der Waals surface area contributed by atoms with Crippen LogP contribution in [0.25, 0.3) is 0 Å². The van der Waals surface area contributed by atoms with Gasteiger partial charge in [-0.3, -0.25) is 0 Å². The maximum absolute atomic E-state index is 9.44. The summed E-state index contributed by atoms with van der Waals surface area (Å²) in [5, 5.41) is 10.6. The predicted octanol–water partition coefficient (Wildman–Crippen LogP) is -0.357. The van der Waals surface area contributed by atoms with E-state index in [9.17, 15) is 5.11 Å². The molecule has 0 aliphatic carbocycles. The zero-order valence-corrected chi connectivity index (χ0v) is 7.40. The third-order valence-electron chi connectivity index (χ3n) is 1.98. The Hall–Kier alpha value is 0.399. The summed E-state index contributed by atoms with van der Waals surface area (Å²) in [6.07, 6.45) is -0.400. The van der Waals surface area contributed by atoms with Gasteiger partial charge in [0.2, 0.25) is 0 Å². The molecule has 0 aromatic carbocycles. The summed E-state index contributed by atoms with van der Waals surface area (Å²) in [4.78, 5) is 0.414. The van der Waals surface area contributed by atoms with E-state index in [1.165, 1.54) is 0 Å². The molecule has 2 heterocycles. The molecule has 2 saturated heterocycles. The quantitative estimate of drug-likeness (QED) is 0.599. The van der Waals surface area contributed by atoms with Crippen molar-refractivity contribution in [1.29, 1.82) is 0 Å². The van der Waals surface area contributed by atoms with Crippen molar-refractivity contribution in [3.05, 3.63) is 0 Å². The van der Waals surface area contributed by atoms with Crippen LogP contribution in [0, 0.1) is 0 Å². The molecule has 0 radical (unpaired) electrons. The van der Waals surface area contributed by atoms with Crippen LogP contribution in [0.3, 0.4) is 0 Å². The SMILES string of the molecule is CO[C@@H]1O[C@@H]2C[Se][C@@H]2[C@H]1O. The summed E-state index contributed by atoms with van der Waals surface area (Å²) in [6.45, 7) is 0. The first-order valence-corrected chi connectivity index (χ1v) is 5.51. The first-order chi connectivity index (χ1) is 4.83. The van der Waals surface area contributed by atoms with Crippen LogP contribution in [0.4, 0.5) is 0 Å². The molecule has 1 N–H and O–H groups in total. The molecule has 2 fully saturated rings. The molecule has 4 heteroatoms. The third-order valence-corrected chi connectivity index (χ3v) is 5.10. The fourth-order valence-electron chi connectivity index (χ4n) is 1.32. The fourth-order valence-corrected chi connectivity index (χ4v) is 3.51. The molecule has 2 aliphatic rings. The third kappa shape index (κ3) is 0.840. The van der Waals surface area contributed by atoms with E-state index in [2.05, 4.69) is 0 Å². The van der Waals surface area contributed by atoms with Crippen molar-refractivity contribution in [3.8, 4) is 0 Å². The van der Waals surface area contributed by atoms with Gasteiger partial charge >= 0.3 is 65.3 Å². The van der Waals surface area contributed by atoms with Crippen LogP contribution < -0.4 is 0 Å². The van der Waals surface area contributed by atoms with Crippen molar-refractivity contribution in [1.82, 2.24) is 0 Å². The summed E-state index contributed by atoms with van der Waals surface area (Å²) < 4.78 is 10.3. The van der Waals surface area contributed by atoms with Gasteiger partial charge in [0, 0.05) is 0 Å². The standard InChI is InChI=1S/C6H10O3Se/c1-8-6-4(7)5-3(9-6)2-10-5/h3-7H,2H2,1H3/t3-,4-,5+,6-/m1/s1. The average molecular weight is 209 g/mol. The topological polar surface area (TPSA) is 38.7 Å². The number of aliphatic hydroxyl groups is 1. The first kappa shape index (κ1) is 7.07. The van der Waals surface area contributed by atoms with Crippen molar-refractivity contribution in [2.75, 3.05) is 7.11 Å². The number of hydrogen-bond donors (Lipinski definition) is 1. The number of ether oxygens (including phenoxy) is 2. The van der Waals surface area contributed by atoms with Crippen molar-refractivity contribution in [2.24, 2.45) is 0 Å². The Labute approximate surface area is 65.9 Å². The molecule has 58 valence electrons. The van der Waals surface area contributed by atoms with E-state index in [1.807, 2.05) is 0 Å². The minimum absolute atomic E-state index is 0.306. The van der Waals surface area contributed by atoms with Crippen molar-refractivity contribution >= 4 is 15.0 Å². The van der Waals surface area contributed by atoms with Crippen LogP contribution in [0.2, 0.25) is 10.1 Å². The van der Waals surface area contributed by atoms with E-state index in [-0.39, 0.29) is 12.4 Å². The second kappa shape index (κ2) is 2.47. The summed E-state index contributed by atoms with van der Waals surface area (Å²) in [6, 6.07) is 0. The Morgan fingerprint density at radius 3 is 2.80 bits per heavy atom. The van der Waals surface area contributed by atoms with Crippen molar-refractivity contribution in [2.45, 2.75) is 28.6 Å². The van der Waals surface area contributed by atoms with E-state index in [4.69, 9.17) is 9.47 Å². The van der Waals surface area contributed by atoms with Crippen LogP contribution >= 0.6 is 0 Å². The summed E-state index contributed by atoms with van der Waals surface area (Å²) in [5.74, 6) is 0. The predicted molar refractivity (Wildman–Crippen MR) is 36.0 cm³/mol. The Bertz CT molecular complexity index is 141. The summed E-state index contributed by atoms with van der Waals surface area (Å²) in [5.41, 5.74) is 0. The number of hydrogen-bond acceptors (Lipinski definition) is 3. The van der Waals surface area contributed by atoms with Gasteiger partial charge in [0.1, 0.15) is 0 Å². The van der Waals surface area contributed by atoms with Crippen LogP contribution in [-0.4, -0.2) is 45.7 Å². The summed E-state index contributed by atoms with van der Waals surface area (Å²) in [7, 11) is 1.58. The van der Waals surface area contributed by atoms with E-state index >= 15 is 0 Å². The molecule has 2 aliphatic heterocycles. The maximum atomic E-state index is 9.44. The van der Waals surface area contributed by atoms with Crippen molar-refractivity contribution < 1.29 is 14.6 Å². The van der Waals surface area contributed by atoms with Gasteiger partial charge in [0.25, 0.3) is 0 Å². The van der Waals surface area contributed by atoms with E-state index in [1.54, 1.807) is 7.11 Å². The Kier molecular flexibility index (Phi) is 1.74. The van der Waals surface area contributed by atoms with Gasteiger partial charge in [-0.1, -0.05) is 0 Å². The Morgan fingerprint density at radius 2 is 2.50 bits per heavy atom. The van der Waals surface area contributed by atoms with Crippen LogP contribution in [0.15, 0.2) is 0 Å². The first-order valence-electron chi connectivity index (χ1n) is 3.31. The van der Waals surface area contributed by atoms with Gasteiger partial charge in [-0.25, -0.2) is 0 Å². The zero-order valence-electron chi connectivity index (χ0n) is 5.69. The van der Waals surface area contributed by atoms with Gasteiger partial charge in [0.15, 0.2) is 0 Å². The van der Waals surface area contributed by atoms with Gasteiger partial charge in [-0.05, 0) is 0 Å². The Balaban J connectivity index is 2.02. The van der Waals surface area contributed by atoms with Gasteiger partial charge < -0.3 is 0 Å². The van der Waals surface area contributed by atoms with Crippen LogP contribution in [0.5, 0.6) is 0 Å². The molecule has 0 amide bonds. The fraction of sp³-hybridized carbons (Fsp3) is 1.00. The molecule has 0 aromatic heterocycles. The van der Waals surface area contributed by atoms with Gasteiger partial charge in [-0.15, -0.1) is 0 Å². The average Bonchev–Trinajstić information content (AvgIpc) is 2.05. The van der Waals surface area contributed by atoms with Crippen molar-refractivity contribution in [3.63, 3.8) is 0 Å². The molecule has 4 atom stereocenters. The van der Waals surface area contributed by atoms with Crippen LogP contribution in [0.1, 0.15) is 0 Å².